The number of rotatable bonds is 9. The van der Waals surface area contributed by atoms with Gasteiger partial charge in [-0.05, 0) is 31.0 Å². The Bertz CT molecular complexity index is 1590. The third-order valence-corrected chi connectivity index (χ3v) is 9.44. The van der Waals surface area contributed by atoms with Crippen LogP contribution in [0, 0.1) is 11.2 Å². The molecule has 0 aliphatic carbocycles. The van der Waals surface area contributed by atoms with Gasteiger partial charge in [-0.15, -0.1) is 11.3 Å². The van der Waals surface area contributed by atoms with Gasteiger partial charge in [-0.25, -0.2) is 17.8 Å². The van der Waals surface area contributed by atoms with Crippen molar-refractivity contribution in [2.24, 2.45) is 5.73 Å². The van der Waals surface area contributed by atoms with Crippen LogP contribution in [0.1, 0.15) is 40.3 Å². The molecular formula is C27H29FN6O5S2. The third kappa shape index (κ3) is 6.95. The fraction of sp³-hybridized carbons (Fsp3) is 0.296. The van der Waals surface area contributed by atoms with Crippen molar-refractivity contribution in [2.75, 3.05) is 19.3 Å². The van der Waals surface area contributed by atoms with Crippen LogP contribution in [0.25, 0.3) is 11.1 Å². The molecule has 1 saturated heterocycles. The highest BCUT2D eigenvalue weighted by molar-refractivity contribution is 7.91. The van der Waals surface area contributed by atoms with Crippen LogP contribution >= 0.6 is 11.3 Å². The Morgan fingerprint density at radius 1 is 1.22 bits per heavy atom. The lowest BCUT2D eigenvalue weighted by Crippen LogP contribution is -2.49. The number of hydrogen-bond acceptors (Lipinski definition) is 8. The number of thiophene rings is 1. The maximum Gasteiger partial charge on any atom is 0.273 e. The number of halogens is 1. The number of nitrogens with two attached hydrogens (primary N) is 1. The lowest BCUT2D eigenvalue weighted by atomic mass is 10.1. The van der Waals surface area contributed by atoms with Crippen molar-refractivity contribution >= 4 is 44.7 Å². The summed E-state index contributed by atoms with van der Waals surface area (Å²) in [5, 5.41) is 13.4. The van der Waals surface area contributed by atoms with Crippen molar-refractivity contribution in [2.45, 2.75) is 30.7 Å². The van der Waals surface area contributed by atoms with Crippen molar-refractivity contribution < 1.29 is 27.2 Å². The number of pyridine rings is 1. The van der Waals surface area contributed by atoms with Crippen LogP contribution in [0.4, 0.5) is 4.39 Å². The second-order valence-electron chi connectivity index (χ2n) is 9.73. The smallest absolute Gasteiger partial charge is 0.273 e. The molecule has 3 atom stereocenters. The molecule has 1 aromatic carbocycles. The molecule has 1 aliphatic rings. The van der Waals surface area contributed by atoms with Crippen molar-refractivity contribution in [3.8, 4) is 11.1 Å². The topological polar surface area (TPSA) is 175 Å². The van der Waals surface area contributed by atoms with E-state index in [1.165, 1.54) is 23.6 Å². The molecule has 216 valence electrons. The molecule has 2 aromatic heterocycles. The Balaban J connectivity index is 1.44. The molecule has 5 N–H and O–H groups in total. The number of carbonyl (C=O) groups excluding carboxylic acids is 3. The molecular weight excluding hydrogens is 571 g/mol. The molecule has 3 aromatic rings. The molecule has 11 nitrogen and oxygen atoms in total. The Hall–Kier alpha value is -4.17. The van der Waals surface area contributed by atoms with Gasteiger partial charge < -0.3 is 21.3 Å². The third-order valence-electron chi connectivity index (χ3n) is 6.77. The minimum atomic E-state index is -3.59. The SMILES string of the molecule is C[C@@H](NC(=O)[C@@H]1C[C@@H](S(C)(=O)=O)CN1C(=O)CNC(=O)c1ncc(-c2ccccc2)cc1F)c1cc(C(=N)N)cs1. The van der Waals surface area contributed by atoms with Gasteiger partial charge in [0.25, 0.3) is 5.91 Å². The number of amides is 3. The molecule has 0 unspecified atom stereocenters. The number of amidine groups is 1. The number of sulfone groups is 1. The van der Waals surface area contributed by atoms with E-state index in [1.54, 1.807) is 42.6 Å². The summed E-state index contributed by atoms with van der Waals surface area (Å²) in [6, 6.07) is 10.2. The van der Waals surface area contributed by atoms with E-state index in [0.29, 0.717) is 16.7 Å². The lowest BCUT2D eigenvalue weighted by molar-refractivity contribution is -0.137. The second kappa shape index (κ2) is 12.1. The van der Waals surface area contributed by atoms with E-state index in [1.807, 2.05) is 6.07 Å². The molecule has 0 bridgehead atoms. The molecule has 3 amide bonds. The molecule has 0 spiro atoms. The van der Waals surface area contributed by atoms with Crippen molar-refractivity contribution in [3.63, 3.8) is 0 Å². The summed E-state index contributed by atoms with van der Waals surface area (Å²) in [5.74, 6) is -3.18. The highest BCUT2D eigenvalue weighted by atomic mass is 32.2. The molecule has 3 heterocycles. The van der Waals surface area contributed by atoms with Gasteiger partial charge in [0.05, 0.1) is 17.8 Å². The summed E-state index contributed by atoms with van der Waals surface area (Å²) in [7, 11) is -3.59. The first-order chi connectivity index (χ1) is 19.3. The van der Waals surface area contributed by atoms with E-state index < -0.39 is 62.9 Å². The summed E-state index contributed by atoms with van der Waals surface area (Å²) in [6.45, 7) is 0.891. The number of nitrogens with one attached hydrogen (secondary N) is 3. The van der Waals surface area contributed by atoms with Crippen LogP contribution in [-0.2, 0) is 19.4 Å². The summed E-state index contributed by atoms with van der Waals surface area (Å²) in [4.78, 5) is 44.7. The lowest BCUT2D eigenvalue weighted by Gasteiger charge is -2.25. The largest absolute Gasteiger partial charge is 0.384 e. The average molecular weight is 601 g/mol. The number of carbonyl (C=O) groups is 3. The Labute approximate surface area is 240 Å². The van der Waals surface area contributed by atoms with Gasteiger partial charge in [0, 0.05) is 40.4 Å². The number of benzene rings is 1. The minimum Gasteiger partial charge on any atom is -0.384 e. The van der Waals surface area contributed by atoms with Gasteiger partial charge in [0.2, 0.25) is 11.8 Å². The van der Waals surface area contributed by atoms with Gasteiger partial charge in [0.1, 0.15) is 11.9 Å². The van der Waals surface area contributed by atoms with Crippen LogP contribution in [0.3, 0.4) is 0 Å². The summed E-state index contributed by atoms with van der Waals surface area (Å²) < 4.78 is 39.3. The van der Waals surface area contributed by atoms with Gasteiger partial charge in [-0.2, -0.15) is 0 Å². The highest BCUT2D eigenvalue weighted by Gasteiger charge is 2.43. The van der Waals surface area contributed by atoms with Gasteiger partial charge in [0.15, 0.2) is 21.3 Å². The first-order valence-electron chi connectivity index (χ1n) is 12.6. The Morgan fingerprint density at radius 2 is 1.93 bits per heavy atom. The minimum absolute atomic E-state index is 0.112. The monoisotopic (exact) mass is 600 g/mol. The average Bonchev–Trinajstić information content (AvgIpc) is 3.61. The molecule has 1 aliphatic heterocycles. The van der Waals surface area contributed by atoms with E-state index in [2.05, 4.69) is 15.6 Å². The van der Waals surface area contributed by atoms with Crippen LogP contribution in [0.2, 0.25) is 0 Å². The second-order valence-corrected chi connectivity index (χ2v) is 13.0. The normalized spacial score (nSPS) is 17.6. The van der Waals surface area contributed by atoms with Crippen LogP contribution in [0.5, 0.6) is 0 Å². The predicted octanol–water partition coefficient (Wildman–Crippen LogP) is 1.85. The van der Waals surface area contributed by atoms with Crippen molar-refractivity contribution in [1.82, 2.24) is 20.5 Å². The van der Waals surface area contributed by atoms with Gasteiger partial charge in [-0.1, -0.05) is 30.3 Å². The number of likely N-dealkylation sites (tertiary alicyclic amines) is 1. The Kier molecular flexibility index (Phi) is 8.83. The fourth-order valence-electron chi connectivity index (χ4n) is 4.47. The molecule has 41 heavy (non-hydrogen) atoms. The highest BCUT2D eigenvalue weighted by Crippen LogP contribution is 2.26. The van der Waals surface area contributed by atoms with E-state index >= 15 is 0 Å². The van der Waals surface area contributed by atoms with E-state index in [9.17, 15) is 27.2 Å². The maximum absolute atomic E-state index is 14.7. The van der Waals surface area contributed by atoms with E-state index in [-0.39, 0.29) is 18.8 Å². The molecule has 1 fully saturated rings. The Morgan fingerprint density at radius 3 is 2.54 bits per heavy atom. The van der Waals surface area contributed by atoms with Gasteiger partial charge >= 0.3 is 0 Å². The fourth-order valence-corrected chi connectivity index (χ4v) is 6.35. The number of aromatic nitrogens is 1. The predicted molar refractivity (Wildman–Crippen MR) is 153 cm³/mol. The first kappa shape index (κ1) is 29.8. The number of nitrogens with zero attached hydrogens (tertiary/aromatic N) is 2. The van der Waals surface area contributed by atoms with Crippen molar-refractivity contribution in [1.29, 1.82) is 5.41 Å². The van der Waals surface area contributed by atoms with E-state index in [4.69, 9.17) is 11.1 Å². The molecule has 0 saturated carbocycles. The summed E-state index contributed by atoms with van der Waals surface area (Å²) in [5.41, 5.74) is 6.71. The zero-order chi connectivity index (χ0) is 29.9. The number of nitrogen functional groups attached to an aromatic ring is 1. The number of hydrogen-bond donors (Lipinski definition) is 4. The standard InChI is InChI=1S/C27H29FN6O5S2/c1-15(22-9-18(14-40-22)25(29)30)33-26(36)21-10-19(41(2,38)39)13-34(21)23(35)12-32-27(37)24-20(28)8-17(11-31-24)16-6-4-3-5-7-16/h3-9,11,14-15,19,21H,10,12-13H2,1-2H3,(H3,29,30)(H,32,37)(H,33,36)/t15-,19-,21+/m1/s1. The first-order valence-corrected chi connectivity index (χ1v) is 15.4. The van der Waals surface area contributed by atoms with Crippen molar-refractivity contribution in [3.05, 3.63) is 76.0 Å². The quantitative estimate of drug-likeness (QED) is 0.214. The molecule has 0 radical (unpaired) electrons. The zero-order valence-electron chi connectivity index (χ0n) is 22.3. The molecule has 14 heteroatoms. The summed E-state index contributed by atoms with van der Waals surface area (Å²) >= 11 is 1.30. The maximum atomic E-state index is 14.7. The van der Waals surface area contributed by atoms with Crippen LogP contribution in [-0.4, -0.2) is 72.5 Å². The zero-order valence-corrected chi connectivity index (χ0v) is 23.9. The molecule has 4 rings (SSSR count). The summed E-state index contributed by atoms with van der Waals surface area (Å²) in [6.07, 6.45) is 2.27. The van der Waals surface area contributed by atoms with E-state index in [0.717, 1.165) is 16.0 Å². The van der Waals surface area contributed by atoms with Crippen LogP contribution in [0.15, 0.2) is 54.0 Å². The van der Waals surface area contributed by atoms with Crippen LogP contribution < -0.4 is 16.4 Å². The van der Waals surface area contributed by atoms with Gasteiger partial charge in [-0.3, -0.25) is 19.8 Å².